The predicted octanol–water partition coefficient (Wildman–Crippen LogP) is 4.34. The number of aryl methyl sites for hydroxylation is 3. The number of H-pyrrole nitrogens is 1. The maximum Gasteiger partial charge on any atom is 0.330 e. The number of carbonyl (C=O) groups excluding carboxylic acids is 3. The lowest BCUT2D eigenvalue weighted by molar-refractivity contribution is -0.145. The van der Waals surface area contributed by atoms with Crippen LogP contribution in [-0.2, 0) is 16.0 Å². The van der Waals surface area contributed by atoms with Gasteiger partial charge in [-0.2, -0.15) is 5.10 Å². The average molecular weight is 592 g/mol. The number of rotatable bonds is 15. The van der Waals surface area contributed by atoms with Gasteiger partial charge in [0, 0.05) is 18.5 Å². The van der Waals surface area contributed by atoms with Crippen LogP contribution in [0.4, 0.5) is 5.95 Å². The maximum absolute atomic E-state index is 13.3. The van der Waals surface area contributed by atoms with Crippen LogP contribution in [0.5, 0.6) is 0 Å². The summed E-state index contributed by atoms with van der Waals surface area (Å²) in [5.74, 6) is -1.01. The fourth-order valence-corrected chi connectivity index (χ4v) is 5.23. The van der Waals surface area contributed by atoms with Crippen molar-refractivity contribution in [3.8, 4) is 0 Å². The number of carbonyl (C=O) groups is 3. The standard InChI is InChI=1S/C30H37N7O4S/c1-4-5-6-15-41-29(40)24(18-32-27(38)25-13-9-16-42-25)36-28(39)26-19(2)34-30(35-20(26)3)31-14-8-11-21-10-7-12-23-22(21)17-33-37-23/h7,9-10,12-13,16-17,24H,4-6,8,11,14-15,18H2,1-3H3,(H,32,38)(H,33,37)(H,36,39)(H,31,34,35). The first-order valence-electron chi connectivity index (χ1n) is 14.2. The van der Waals surface area contributed by atoms with E-state index >= 15 is 0 Å². The highest BCUT2D eigenvalue weighted by molar-refractivity contribution is 7.12. The second kappa shape index (κ2) is 15.1. The lowest BCUT2D eigenvalue weighted by Crippen LogP contribution is -2.49. The van der Waals surface area contributed by atoms with Crippen LogP contribution in [0.3, 0.4) is 0 Å². The van der Waals surface area contributed by atoms with Crippen LogP contribution >= 0.6 is 11.3 Å². The zero-order valence-electron chi connectivity index (χ0n) is 24.2. The number of anilines is 1. The van der Waals surface area contributed by atoms with Gasteiger partial charge in [-0.25, -0.2) is 14.8 Å². The lowest BCUT2D eigenvalue weighted by Gasteiger charge is -2.19. The molecule has 222 valence electrons. The Morgan fingerprint density at radius 2 is 1.83 bits per heavy atom. The van der Waals surface area contributed by atoms with E-state index in [2.05, 4.69) is 49.1 Å². The molecule has 1 aromatic carbocycles. The summed E-state index contributed by atoms with van der Waals surface area (Å²) in [7, 11) is 0. The van der Waals surface area contributed by atoms with Gasteiger partial charge in [-0.05, 0) is 56.2 Å². The molecule has 1 atom stereocenters. The first kappa shape index (κ1) is 30.6. The van der Waals surface area contributed by atoms with Crippen LogP contribution in [0.15, 0.2) is 41.9 Å². The molecule has 42 heavy (non-hydrogen) atoms. The van der Waals surface area contributed by atoms with Crippen molar-refractivity contribution in [3.05, 3.63) is 69.3 Å². The van der Waals surface area contributed by atoms with Crippen molar-refractivity contribution in [3.63, 3.8) is 0 Å². The van der Waals surface area contributed by atoms with Gasteiger partial charge >= 0.3 is 5.97 Å². The van der Waals surface area contributed by atoms with Crippen molar-refractivity contribution < 1.29 is 19.1 Å². The molecule has 0 spiro atoms. The molecule has 0 aliphatic rings. The molecule has 0 saturated heterocycles. The van der Waals surface area contributed by atoms with E-state index in [1.165, 1.54) is 16.9 Å². The summed E-state index contributed by atoms with van der Waals surface area (Å²) in [6.45, 7) is 6.29. The van der Waals surface area contributed by atoms with Gasteiger partial charge in [0.25, 0.3) is 11.8 Å². The number of fused-ring (bicyclic) bond motifs is 1. The van der Waals surface area contributed by atoms with Gasteiger partial charge in [0.1, 0.15) is 6.04 Å². The maximum atomic E-state index is 13.3. The highest BCUT2D eigenvalue weighted by atomic mass is 32.1. The smallest absolute Gasteiger partial charge is 0.330 e. The molecule has 0 radical (unpaired) electrons. The molecule has 3 aromatic heterocycles. The second-order valence-corrected chi connectivity index (χ2v) is 10.9. The highest BCUT2D eigenvalue weighted by Crippen LogP contribution is 2.18. The molecule has 11 nitrogen and oxygen atoms in total. The third-order valence-electron chi connectivity index (χ3n) is 6.77. The van der Waals surface area contributed by atoms with E-state index in [0.717, 1.165) is 43.0 Å². The van der Waals surface area contributed by atoms with Gasteiger partial charge in [0.15, 0.2) is 0 Å². The molecule has 2 amide bonds. The molecule has 4 aromatic rings. The Morgan fingerprint density at radius 3 is 2.57 bits per heavy atom. The minimum absolute atomic E-state index is 0.111. The van der Waals surface area contributed by atoms with Gasteiger partial charge in [0.05, 0.1) is 40.1 Å². The first-order chi connectivity index (χ1) is 20.4. The topological polar surface area (TPSA) is 151 Å². The third-order valence-corrected chi connectivity index (χ3v) is 7.64. The summed E-state index contributed by atoms with van der Waals surface area (Å²) in [6, 6.07) is 8.50. The molecule has 0 aliphatic carbocycles. The fraction of sp³-hybridized carbons (Fsp3) is 0.400. The highest BCUT2D eigenvalue weighted by Gasteiger charge is 2.26. The van der Waals surface area contributed by atoms with Crippen molar-refractivity contribution in [2.75, 3.05) is 25.0 Å². The van der Waals surface area contributed by atoms with E-state index in [-0.39, 0.29) is 24.6 Å². The van der Waals surface area contributed by atoms with E-state index in [1.807, 2.05) is 18.3 Å². The second-order valence-electron chi connectivity index (χ2n) is 9.96. The number of thiophene rings is 1. The van der Waals surface area contributed by atoms with Crippen LogP contribution in [0.2, 0.25) is 0 Å². The molecule has 0 aliphatic heterocycles. The summed E-state index contributed by atoms with van der Waals surface area (Å²) in [4.78, 5) is 48.2. The van der Waals surface area contributed by atoms with Crippen LogP contribution in [0, 0.1) is 13.8 Å². The predicted molar refractivity (Wildman–Crippen MR) is 163 cm³/mol. The van der Waals surface area contributed by atoms with Gasteiger partial charge in [-0.1, -0.05) is 38.0 Å². The molecule has 0 fully saturated rings. The summed E-state index contributed by atoms with van der Waals surface area (Å²) in [6.07, 6.45) is 6.19. The zero-order chi connectivity index (χ0) is 29.9. The number of unbranched alkanes of at least 4 members (excludes halogenated alkanes) is 2. The number of aromatic amines is 1. The van der Waals surface area contributed by atoms with E-state index < -0.39 is 17.9 Å². The molecular formula is C30H37N7O4S. The Kier molecular flexibility index (Phi) is 11.0. The number of ether oxygens (including phenoxy) is 1. The number of benzene rings is 1. The number of amides is 2. The Hall–Kier alpha value is -4.32. The van der Waals surface area contributed by atoms with Gasteiger partial charge in [-0.15, -0.1) is 11.3 Å². The third kappa shape index (κ3) is 8.12. The summed E-state index contributed by atoms with van der Waals surface area (Å²) >= 11 is 1.29. The van der Waals surface area contributed by atoms with Crippen LogP contribution < -0.4 is 16.0 Å². The molecule has 3 heterocycles. The molecule has 0 saturated carbocycles. The number of esters is 1. The molecule has 4 rings (SSSR count). The fourth-order valence-electron chi connectivity index (χ4n) is 4.59. The monoisotopic (exact) mass is 591 g/mol. The molecule has 0 bridgehead atoms. The van der Waals surface area contributed by atoms with Gasteiger partial charge in [0.2, 0.25) is 5.95 Å². The van der Waals surface area contributed by atoms with Crippen molar-refractivity contribution in [2.24, 2.45) is 0 Å². The zero-order valence-corrected chi connectivity index (χ0v) is 25.0. The summed E-state index contributed by atoms with van der Waals surface area (Å²) in [5, 5.41) is 18.7. The Balaban J connectivity index is 1.36. The molecular weight excluding hydrogens is 554 g/mol. The number of aromatic nitrogens is 4. The van der Waals surface area contributed by atoms with Crippen molar-refractivity contribution in [1.29, 1.82) is 0 Å². The normalized spacial score (nSPS) is 11.7. The number of nitrogens with one attached hydrogen (secondary N) is 4. The summed E-state index contributed by atoms with van der Waals surface area (Å²) in [5.41, 5.74) is 3.46. The van der Waals surface area contributed by atoms with Crippen molar-refractivity contribution in [2.45, 2.75) is 58.9 Å². The SMILES string of the molecule is CCCCCOC(=O)C(CNC(=O)c1cccs1)NC(=O)c1c(C)nc(NCCCc2cccc3[nH]ncc23)nc1C. The first-order valence-corrected chi connectivity index (χ1v) is 15.0. The van der Waals surface area contributed by atoms with E-state index in [9.17, 15) is 14.4 Å². The van der Waals surface area contributed by atoms with Crippen LogP contribution in [0.25, 0.3) is 10.9 Å². The average Bonchev–Trinajstić information content (AvgIpc) is 3.68. The van der Waals surface area contributed by atoms with Crippen LogP contribution in [0.1, 0.15) is 69.6 Å². The van der Waals surface area contributed by atoms with Crippen LogP contribution in [-0.4, -0.2) is 63.7 Å². The van der Waals surface area contributed by atoms with Crippen molar-refractivity contribution in [1.82, 2.24) is 30.8 Å². The van der Waals surface area contributed by atoms with Crippen molar-refractivity contribution >= 4 is 46.0 Å². The van der Waals surface area contributed by atoms with E-state index in [0.29, 0.717) is 28.8 Å². The Bertz CT molecular complexity index is 1480. The number of nitrogens with zero attached hydrogens (tertiary/aromatic N) is 3. The minimum Gasteiger partial charge on any atom is -0.464 e. The number of hydrogen-bond donors (Lipinski definition) is 4. The van der Waals surface area contributed by atoms with E-state index in [4.69, 9.17) is 4.74 Å². The molecule has 4 N–H and O–H groups in total. The molecule has 1 unspecified atom stereocenters. The van der Waals surface area contributed by atoms with Gasteiger partial charge in [-0.3, -0.25) is 14.7 Å². The largest absolute Gasteiger partial charge is 0.464 e. The lowest BCUT2D eigenvalue weighted by atomic mass is 10.1. The molecule has 12 heteroatoms. The van der Waals surface area contributed by atoms with Gasteiger partial charge < -0.3 is 20.7 Å². The quantitative estimate of drug-likeness (QED) is 0.118. The van der Waals surface area contributed by atoms with E-state index in [1.54, 1.807) is 31.4 Å². The Labute approximate surface area is 248 Å². The minimum atomic E-state index is -1.07. The number of hydrogen-bond acceptors (Lipinski definition) is 9. The Morgan fingerprint density at radius 1 is 1.02 bits per heavy atom. The summed E-state index contributed by atoms with van der Waals surface area (Å²) < 4.78 is 5.40.